The van der Waals surface area contributed by atoms with E-state index in [1.165, 1.54) is 5.56 Å². The van der Waals surface area contributed by atoms with E-state index in [0.717, 1.165) is 16.7 Å². The van der Waals surface area contributed by atoms with Crippen LogP contribution >= 0.6 is 0 Å². The van der Waals surface area contributed by atoms with Gasteiger partial charge in [0, 0.05) is 6.54 Å². The van der Waals surface area contributed by atoms with Crippen LogP contribution in [0.2, 0.25) is 0 Å². The van der Waals surface area contributed by atoms with E-state index in [0.29, 0.717) is 12.2 Å². The Morgan fingerprint density at radius 1 is 1.30 bits per heavy atom. The summed E-state index contributed by atoms with van der Waals surface area (Å²) < 4.78 is 1.56. The molecule has 1 heterocycles. The van der Waals surface area contributed by atoms with Crippen LogP contribution in [0.25, 0.3) is 0 Å². The number of aromatic nitrogens is 3. The van der Waals surface area contributed by atoms with Gasteiger partial charge in [0.2, 0.25) is 0 Å². The molecule has 106 valence electrons. The number of aromatic carboxylic acids is 1. The summed E-state index contributed by atoms with van der Waals surface area (Å²) in [6, 6.07) is 4.19. The Labute approximate surface area is 117 Å². The molecule has 2 rings (SSSR count). The van der Waals surface area contributed by atoms with Crippen LogP contribution in [0.15, 0.2) is 12.1 Å². The summed E-state index contributed by atoms with van der Waals surface area (Å²) in [7, 11) is 0. The van der Waals surface area contributed by atoms with Gasteiger partial charge in [-0.2, -0.15) is 0 Å². The topological polar surface area (TPSA) is 94.0 Å². The molecule has 0 saturated heterocycles. The predicted octanol–water partition coefficient (Wildman–Crippen LogP) is 1.41. The molecule has 0 atom stereocenters. The second-order valence-electron chi connectivity index (χ2n) is 4.93. The summed E-state index contributed by atoms with van der Waals surface area (Å²) in [4.78, 5) is 11.1. The lowest BCUT2D eigenvalue weighted by molar-refractivity contribution is 0.0689. The summed E-state index contributed by atoms with van der Waals surface area (Å²) in [6.07, 6.45) is 0. The maximum atomic E-state index is 11.1. The lowest BCUT2D eigenvalue weighted by Gasteiger charge is -2.12. The number of nitrogens with two attached hydrogens (primary N) is 1. The van der Waals surface area contributed by atoms with Crippen molar-refractivity contribution in [3.8, 4) is 0 Å². The standard InChI is InChI=1S/C14H18N4O2/c1-8-4-9(2)11(10(3)5-8)7-18-12(6-15)13(14(19)20)16-17-18/h4-5H,6-7,15H2,1-3H3,(H,19,20). The van der Waals surface area contributed by atoms with Gasteiger partial charge >= 0.3 is 5.97 Å². The van der Waals surface area contributed by atoms with Crippen LogP contribution in [-0.2, 0) is 13.1 Å². The highest BCUT2D eigenvalue weighted by atomic mass is 16.4. The molecule has 0 spiro atoms. The second kappa shape index (κ2) is 5.42. The lowest BCUT2D eigenvalue weighted by atomic mass is 10.00. The van der Waals surface area contributed by atoms with Crippen LogP contribution in [0.1, 0.15) is 38.4 Å². The predicted molar refractivity (Wildman–Crippen MR) is 74.6 cm³/mol. The summed E-state index contributed by atoms with van der Waals surface area (Å²) in [5, 5.41) is 16.7. The number of hydrogen-bond donors (Lipinski definition) is 2. The monoisotopic (exact) mass is 274 g/mol. The minimum absolute atomic E-state index is 0.0742. The molecule has 0 amide bonds. The van der Waals surface area contributed by atoms with Gasteiger partial charge in [-0.25, -0.2) is 9.48 Å². The third kappa shape index (κ3) is 2.55. The van der Waals surface area contributed by atoms with Crippen LogP contribution < -0.4 is 5.73 Å². The number of carboxylic acid groups (broad SMARTS) is 1. The van der Waals surface area contributed by atoms with Crippen LogP contribution in [-0.4, -0.2) is 26.1 Å². The van der Waals surface area contributed by atoms with Crippen molar-refractivity contribution in [2.75, 3.05) is 0 Å². The molecular formula is C14H18N4O2. The molecular weight excluding hydrogens is 256 g/mol. The molecule has 2 aromatic rings. The average Bonchev–Trinajstić information content (AvgIpc) is 2.76. The van der Waals surface area contributed by atoms with Gasteiger partial charge in [0.1, 0.15) is 0 Å². The Hall–Kier alpha value is -2.21. The minimum Gasteiger partial charge on any atom is -0.476 e. The maximum Gasteiger partial charge on any atom is 0.358 e. The van der Waals surface area contributed by atoms with Gasteiger partial charge in [-0.15, -0.1) is 5.10 Å². The van der Waals surface area contributed by atoms with E-state index in [9.17, 15) is 4.79 Å². The Morgan fingerprint density at radius 3 is 2.40 bits per heavy atom. The molecule has 6 heteroatoms. The van der Waals surface area contributed by atoms with Gasteiger partial charge < -0.3 is 10.8 Å². The molecule has 0 aliphatic carbocycles. The number of aryl methyl sites for hydroxylation is 3. The van der Waals surface area contributed by atoms with Gasteiger partial charge in [-0.1, -0.05) is 22.9 Å². The maximum absolute atomic E-state index is 11.1. The number of rotatable bonds is 4. The van der Waals surface area contributed by atoms with Gasteiger partial charge in [-0.05, 0) is 37.5 Å². The largest absolute Gasteiger partial charge is 0.476 e. The molecule has 0 aliphatic rings. The van der Waals surface area contributed by atoms with Gasteiger partial charge in [0.25, 0.3) is 0 Å². The molecule has 0 radical (unpaired) electrons. The number of nitrogens with zero attached hydrogens (tertiary/aromatic N) is 3. The minimum atomic E-state index is -1.10. The van der Waals surface area contributed by atoms with Crippen molar-refractivity contribution in [3.63, 3.8) is 0 Å². The van der Waals surface area contributed by atoms with Crippen LogP contribution in [0.4, 0.5) is 0 Å². The summed E-state index contributed by atoms with van der Waals surface area (Å²) in [5.41, 5.74) is 10.6. The number of hydrogen-bond acceptors (Lipinski definition) is 4. The lowest BCUT2D eigenvalue weighted by Crippen LogP contribution is -2.14. The fourth-order valence-electron chi connectivity index (χ4n) is 2.44. The normalized spacial score (nSPS) is 10.8. The van der Waals surface area contributed by atoms with E-state index in [1.54, 1.807) is 4.68 Å². The molecule has 1 aromatic carbocycles. The van der Waals surface area contributed by atoms with Gasteiger partial charge in [0.15, 0.2) is 5.69 Å². The highest BCUT2D eigenvalue weighted by Gasteiger charge is 2.18. The van der Waals surface area contributed by atoms with E-state index in [2.05, 4.69) is 22.4 Å². The fourth-order valence-corrected chi connectivity index (χ4v) is 2.44. The number of carbonyl (C=O) groups is 1. The zero-order valence-corrected chi connectivity index (χ0v) is 11.8. The van der Waals surface area contributed by atoms with Crippen molar-refractivity contribution in [1.82, 2.24) is 15.0 Å². The molecule has 3 N–H and O–H groups in total. The van der Waals surface area contributed by atoms with E-state index >= 15 is 0 Å². The number of benzene rings is 1. The first-order valence-corrected chi connectivity index (χ1v) is 6.36. The first-order chi connectivity index (χ1) is 9.43. The Morgan fingerprint density at radius 2 is 1.90 bits per heavy atom. The van der Waals surface area contributed by atoms with Crippen LogP contribution in [0.3, 0.4) is 0 Å². The zero-order chi connectivity index (χ0) is 14.9. The first-order valence-electron chi connectivity index (χ1n) is 6.36. The number of carboxylic acids is 1. The quantitative estimate of drug-likeness (QED) is 0.879. The molecule has 0 aliphatic heterocycles. The second-order valence-corrected chi connectivity index (χ2v) is 4.93. The molecule has 1 aromatic heterocycles. The molecule has 0 bridgehead atoms. The van der Waals surface area contributed by atoms with Crippen molar-refractivity contribution < 1.29 is 9.90 Å². The third-order valence-corrected chi connectivity index (χ3v) is 3.38. The first kappa shape index (κ1) is 14.2. The zero-order valence-electron chi connectivity index (χ0n) is 11.8. The van der Waals surface area contributed by atoms with Crippen LogP contribution in [0, 0.1) is 20.8 Å². The van der Waals surface area contributed by atoms with E-state index in [1.807, 2.05) is 20.8 Å². The van der Waals surface area contributed by atoms with E-state index in [4.69, 9.17) is 10.8 Å². The van der Waals surface area contributed by atoms with Crippen molar-refractivity contribution >= 4 is 5.97 Å². The summed E-state index contributed by atoms with van der Waals surface area (Å²) in [5.74, 6) is -1.10. The highest BCUT2D eigenvalue weighted by molar-refractivity contribution is 5.86. The van der Waals surface area contributed by atoms with Crippen molar-refractivity contribution in [2.24, 2.45) is 5.73 Å². The Bertz CT molecular complexity index is 638. The molecule has 6 nitrogen and oxygen atoms in total. The third-order valence-electron chi connectivity index (χ3n) is 3.38. The molecule has 0 saturated carbocycles. The average molecular weight is 274 g/mol. The smallest absolute Gasteiger partial charge is 0.358 e. The highest BCUT2D eigenvalue weighted by Crippen LogP contribution is 2.18. The SMILES string of the molecule is Cc1cc(C)c(Cn2nnc(C(=O)O)c2CN)c(C)c1. The summed E-state index contributed by atoms with van der Waals surface area (Å²) >= 11 is 0. The van der Waals surface area contributed by atoms with Gasteiger partial charge in [-0.3, -0.25) is 0 Å². The molecule has 20 heavy (non-hydrogen) atoms. The molecule has 0 unspecified atom stereocenters. The Kier molecular flexibility index (Phi) is 3.85. The van der Waals surface area contributed by atoms with E-state index < -0.39 is 5.97 Å². The van der Waals surface area contributed by atoms with Crippen molar-refractivity contribution in [1.29, 1.82) is 0 Å². The van der Waals surface area contributed by atoms with Gasteiger partial charge in [0.05, 0.1) is 12.2 Å². The van der Waals surface area contributed by atoms with Crippen LogP contribution in [0.5, 0.6) is 0 Å². The fraction of sp³-hybridized carbons (Fsp3) is 0.357. The van der Waals surface area contributed by atoms with Crippen molar-refractivity contribution in [3.05, 3.63) is 45.8 Å². The van der Waals surface area contributed by atoms with E-state index in [-0.39, 0.29) is 12.2 Å². The van der Waals surface area contributed by atoms with Crippen molar-refractivity contribution in [2.45, 2.75) is 33.9 Å². The molecule has 0 fully saturated rings. The Balaban J connectivity index is 2.43. The summed E-state index contributed by atoms with van der Waals surface area (Å²) in [6.45, 7) is 6.69.